The number of nitrogens with zero attached hydrogens (tertiary/aromatic N) is 1. The second-order valence-corrected chi connectivity index (χ2v) is 7.64. The molecule has 1 saturated heterocycles. The molecule has 2 heterocycles. The Morgan fingerprint density at radius 3 is 2.63 bits per heavy atom. The van der Waals surface area contributed by atoms with Crippen molar-refractivity contribution >= 4 is 52.2 Å². The number of methoxy groups -OCH3 is 1. The van der Waals surface area contributed by atoms with E-state index in [1.807, 2.05) is 12.1 Å². The number of carbonyl (C=O) groups excluding carboxylic acids is 2. The molecule has 4 rings (SSSR count). The SMILES string of the molecule is COC(=O)c1ccc(-c2ccc(/C=C3/SC(=Nc4ccccc4Cl)NC3=O)o2)cc1. The summed E-state index contributed by atoms with van der Waals surface area (Å²) in [7, 11) is 1.34. The summed E-state index contributed by atoms with van der Waals surface area (Å²) in [4.78, 5) is 28.7. The van der Waals surface area contributed by atoms with Crippen molar-refractivity contribution in [3.8, 4) is 11.3 Å². The van der Waals surface area contributed by atoms with Gasteiger partial charge in [-0.3, -0.25) is 4.79 Å². The predicted molar refractivity (Wildman–Crippen MR) is 118 cm³/mol. The Kier molecular flexibility index (Phi) is 5.74. The lowest BCUT2D eigenvalue weighted by Crippen LogP contribution is -2.19. The first-order valence-electron chi connectivity index (χ1n) is 8.86. The highest BCUT2D eigenvalue weighted by Crippen LogP contribution is 2.32. The highest BCUT2D eigenvalue weighted by atomic mass is 35.5. The molecule has 1 amide bonds. The number of benzene rings is 2. The first-order valence-corrected chi connectivity index (χ1v) is 10.1. The van der Waals surface area contributed by atoms with Gasteiger partial charge in [0.2, 0.25) is 0 Å². The van der Waals surface area contributed by atoms with Gasteiger partial charge in [0.15, 0.2) is 5.17 Å². The zero-order valence-corrected chi connectivity index (χ0v) is 17.3. The van der Waals surface area contributed by atoms with Gasteiger partial charge in [-0.1, -0.05) is 35.9 Å². The van der Waals surface area contributed by atoms with Crippen molar-refractivity contribution < 1.29 is 18.7 Å². The maximum Gasteiger partial charge on any atom is 0.337 e. The van der Waals surface area contributed by atoms with E-state index in [9.17, 15) is 9.59 Å². The number of amidine groups is 1. The lowest BCUT2D eigenvalue weighted by molar-refractivity contribution is -0.115. The Hall–Kier alpha value is -3.29. The zero-order valence-electron chi connectivity index (χ0n) is 15.7. The van der Waals surface area contributed by atoms with Crippen LogP contribution in [0, 0.1) is 0 Å². The maximum absolute atomic E-state index is 12.3. The molecule has 2 aromatic carbocycles. The fraction of sp³-hybridized carbons (Fsp3) is 0.0455. The number of ether oxygens (including phenoxy) is 1. The van der Waals surface area contributed by atoms with E-state index in [-0.39, 0.29) is 5.91 Å². The van der Waals surface area contributed by atoms with E-state index < -0.39 is 5.97 Å². The molecule has 0 radical (unpaired) electrons. The molecule has 1 aliphatic heterocycles. The maximum atomic E-state index is 12.3. The minimum Gasteiger partial charge on any atom is -0.465 e. The second-order valence-electron chi connectivity index (χ2n) is 6.20. The average molecular weight is 439 g/mol. The molecule has 1 fully saturated rings. The van der Waals surface area contributed by atoms with Gasteiger partial charge in [0.1, 0.15) is 11.5 Å². The first-order chi connectivity index (χ1) is 14.5. The molecule has 0 aliphatic carbocycles. The van der Waals surface area contributed by atoms with E-state index in [4.69, 9.17) is 20.8 Å². The minimum absolute atomic E-state index is 0.258. The first kappa shape index (κ1) is 20.0. The molecule has 1 N–H and O–H groups in total. The normalized spacial score (nSPS) is 16.1. The van der Waals surface area contributed by atoms with Gasteiger partial charge in [0.25, 0.3) is 5.91 Å². The highest BCUT2D eigenvalue weighted by Gasteiger charge is 2.24. The van der Waals surface area contributed by atoms with Gasteiger partial charge in [0.05, 0.1) is 28.3 Å². The van der Waals surface area contributed by atoms with Crippen molar-refractivity contribution in [2.45, 2.75) is 0 Å². The Morgan fingerprint density at radius 2 is 1.90 bits per heavy atom. The number of nitrogens with one attached hydrogen (secondary N) is 1. The van der Waals surface area contributed by atoms with Crippen LogP contribution >= 0.6 is 23.4 Å². The van der Waals surface area contributed by atoms with Crippen LogP contribution in [0.15, 0.2) is 75.0 Å². The van der Waals surface area contributed by atoms with Crippen molar-refractivity contribution in [1.82, 2.24) is 5.32 Å². The number of hydrogen-bond acceptors (Lipinski definition) is 6. The van der Waals surface area contributed by atoms with Crippen molar-refractivity contribution in [1.29, 1.82) is 0 Å². The molecule has 0 spiro atoms. The number of furan rings is 1. The number of hydrogen-bond donors (Lipinski definition) is 1. The molecule has 3 aromatic rings. The third-order valence-corrected chi connectivity index (χ3v) is 5.45. The molecule has 6 nitrogen and oxygen atoms in total. The summed E-state index contributed by atoms with van der Waals surface area (Å²) in [5.41, 5.74) is 1.84. The summed E-state index contributed by atoms with van der Waals surface area (Å²) in [5, 5.41) is 3.68. The van der Waals surface area contributed by atoms with Crippen LogP contribution in [-0.4, -0.2) is 24.2 Å². The summed E-state index contributed by atoms with van der Waals surface area (Å²) < 4.78 is 10.5. The molecule has 0 saturated carbocycles. The van der Waals surface area contributed by atoms with Gasteiger partial charge in [-0.25, -0.2) is 9.79 Å². The molecule has 0 bridgehead atoms. The minimum atomic E-state index is -0.398. The summed E-state index contributed by atoms with van der Waals surface area (Å²) >= 11 is 7.33. The van der Waals surface area contributed by atoms with Gasteiger partial charge < -0.3 is 14.5 Å². The predicted octanol–water partition coefficient (Wildman–Crippen LogP) is 5.28. The van der Waals surface area contributed by atoms with Crippen molar-refractivity contribution in [3.05, 3.63) is 81.9 Å². The van der Waals surface area contributed by atoms with E-state index in [1.165, 1.54) is 18.9 Å². The van der Waals surface area contributed by atoms with Crippen molar-refractivity contribution in [2.75, 3.05) is 7.11 Å². The van der Waals surface area contributed by atoms with Gasteiger partial charge >= 0.3 is 5.97 Å². The second kappa shape index (κ2) is 8.61. The molecule has 1 aliphatic rings. The lowest BCUT2D eigenvalue weighted by Gasteiger charge is -2.00. The van der Waals surface area contributed by atoms with Crippen LogP contribution in [0.4, 0.5) is 5.69 Å². The van der Waals surface area contributed by atoms with Crippen molar-refractivity contribution in [3.63, 3.8) is 0 Å². The van der Waals surface area contributed by atoms with Gasteiger partial charge in [-0.15, -0.1) is 0 Å². The molecular weight excluding hydrogens is 424 g/mol. The fourth-order valence-electron chi connectivity index (χ4n) is 2.74. The fourth-order valence-corrected chi connectivity index (χ4v) is 3.73. The number of amides is 1. The van der Waals surface area contributed by atoms with Crippen LogP contribution in [-0.2, 0) is 9.53 Å². The number of thioether (sulfide) groups is 1. The third kappa shape index (κ3) is 4.32. The Labute approximate surface area is 181 Å². The quantitative estimate of drug-likeness (QED) is 0.443. The zero-order chi connectivity index (χ0) is 21.1. The molecule has 8 heteroatoms. The number of halogens is 1. The number of rotatable bonds is 4. The topological polar surface area (TPSA) is 80.9 Å². The Morgan fingerprint density at radius 1 is 1.13 bits per heavy atom. The average Bonchev–Trinajstić information content (AvgIpc) is 3.36. The number of esters is 1. The lowest BCUT2D eigenvalue weighted by atomic mass is 10.1. The van der Waals surface area contributed by atoms with Crippen LogP contribution < -0.4 is 5.32 Å². The van der Waals surface area contributed by atoms with Gasteiger partial charge in [0, 0.05) is 11.6 Å². The van der Waals surface area contributed by atoms with Crippen LogP contribution in [0.25, 0.3) is 17.4 Å². The molecule has 150 valence electrons. The van der Waals surface area contributed by atoms with E-state index in [2.05, 4.69) is 10.3 Å². The summed E-state index contributed by atoms with van der Waals surface area (Å²) in [5.74, 6) is 0.487. The summed E-state index contributed by atoms with van der Waals surface area (Å²) in [6.07, 6.45) is 1.65. The smallest absolute Gasteiger partial charge is 0.337 e. The van der Waals surface area contributed by atoms with E-state index in [0.717, 1.165) is 5.56 Å². The molecular formula is C22H15ClN2O4S. The highest BCUT2D eigenvalue weighted by molar-refractivity contribution is 8.18. The Balaban J connectivity index is 1.52. The van der Waals surface area contributed by atoms with Gasteiger partial charge in [-0.05, 0) is 48.2 Å². The van der Waals surface area contributed by atoms with Crippen LogP contribution in [0.3, 0.4) is 0 Å². The summed E-state index contributed by atoms with van der Waals surface area (Å²) in [6, 6.07) is 17.6. The standard InChI is InChI=1S/C22H15ClN2O4S/c1-28-21(27)14-8-6-13(7-9-14)18-11-10-15(29-18)12-19-20(26)25-22(30-19)24-17-5-3-2-4-16(17)23/h2-12H,1H3,(H,24,25,26)/b19-12+. The monoisotopic (exact) mass is 438 g/mol. The molecule has 1 aromatic heterocycles. The largest absolute Gasteiger partial charge is 0.465 e. The van der Waals surface area contributed by atoms with Gasteiger partial charge in [-0.2, -0.15) is 0 Å². The van der Waals surface area contributed by atoms with E-state index in [0.29, 0.717) is 37.9 Å². The van der Waals surface area contributed by atoms with Crippen molar-refractivity contribution in [2.24, 2.45) is 4.99 Å². The number of para-hydroxylation sites is 1. The molecule has 0 unspecified atom stereocenters. The van der Waals surface area contributed by atoms with Crippen LogP contribution in [0.2, 0.25) is 5.02 Å². The third-order valence-electron chi connectivity index (χ3n) is 4.22. The Bertz CT molecular complexity index is 1180. The summed E-state index contributed by atoms with van der Waals surface area (Å²) in [6.45, 7) is 0. The molecule has 0 atom stereocenters. The van der Waals surface area contributed by atoms with Crippen LogP contribution in [0.5, 0.6) is 0 Å². The van der Waals surface area contributed by atoms with Crippen LogP contribution in [0.1, 0.15) is 16.1 Å². The number of carbonyl (C=O) groups is 2. The molecule has 30 heavy (non-hydrogen) atoms. The number of aliphatic imine (C=N–C) groups is 1. The van der Waals surface area contributed by atoms with E-state index >= 15 is 0 Å². The van der Waals surface area contributed by atoms with E-state index in [1.54, 1.807) is 54.6 Å².